The Morgan fingerprint density at radius 3 is 2.46 bits per heavy atom. The maximum atomic E-state index is 12.6. The van der Waals surface area contributed by atoms with E-state index in [1.54, 1.807) is 48.5 Å². The summed E-state index contributed by atoms with van der Waals surface area (Å²) >= 11 is 6.94. The smallest absolute Gasteiger partial charge is 0.343 e. The number of nitrogens with one attached hydrogen (secondary N) is 1. The molecule has 0 atom stereocenters. The van der Waals surface area contributed by atoms with Gasteiger partial charge >= 0.3 is 5.97 Å². The molecule has 4 aromatic rings. The number of esters is 1. The lowest BCUT2D eigenvalue weighted by Gasteiger charge is -2.10. The van der Waals surface area contributed by atoms with E-state index in [1.165, 1.54) is 6.21 Å². The maximum absolute atomic E-state index is 12.6. The standard InChI is InChI=1S/C28H22Br2N2O5/c1-2-35-22-11-7-19(8-12-22)28(34)37-24-14-10-21(29)15-20(24)16-31-32-26(33)17-36-25-13-9-18-5-3-4-6-23(18)27(25)30/h3-16H,2,17H2,1H3,(H,32,33)/b31-16+. The second-order valence-corrected chi connectivity index (χ2v) is 9.42. The molecule has 0 saturated heterocycles. The molecule has 0 spiro atoms. The van der Waals surface area contributed by atoms with Crippen molar-refractivity contribution in [2.45, 2.75) is 6.92 Å². The molecule has 0 heterocycles. The van der Waals surface area contributed by atoms with Crippen molar-refractivity contribution in [3.63, 3.8) is 0 Å². The van der Waals surface area contributed by atoms with Gasteiger partial charge in [-0.05, 0) is 82.2 Å². The summed E-state index contributed by atoms with van der Waals surface area (Å²) in [7, 11) is 0. The van der Waals surface area contributed by atoms with Crippen LogP contribution in [0.15, 0.2) is 92.9 Å². The largest absolute Gasteiger partial charge is 0.494 e. The molecule has 0 aromatic heterocycles. The SMILES string of the molecule is CCOc1ccc(C(=O)Oc2ccc(Br)cc2/C=N/NC(=O)COc2ccc3ccccc3c2Br)cc1. The van der Waals surface area contributed by atoms with Gasteiger partial charge in [-0.25, -0.2) is 10.2 Å². The number of amides is 1. The van der Waals surface area contributed by atoms with E-state index in [4.69, 9.17) is 14.2 Å². The van der Waals surface area contributed by atoms with E-state index in [0.29, 0.717) is 29.2 Å². The topological polar surface area (TPSA) is 86.2 Å². The molecular weight excluding hydrogens is 604 g/mol. The third-order valence-corrected chi connectivity index (χ3v) is 6.47. The number of fused-ring (bicyclic) bond motifs is 1. The van der Waals surface area contributed by atoms with Crippen molar-refractivity contribution in [2.24, 2.45) is 5.10 Å². The highest BCUT2D eigenvalue weighted by Crippen LogP contribution is 2.33. The zero-order chi connectivity index (χ0) is 26.2. The van der Waals surface area contributed by atoms with Gasteiger partial charge in [0.05, 0.1) is 22.9 Å². The van der Waals surface area contributed by atoms with Gasteiger partial charge in [-0.2, -0.15) is 5.10 Å². The molecule has 4 rings (SSSR count). The van der Waals surface area contributed by atoms with Crippen molar-refractivity contribution in [3.05, 3.63) is 98.9 Å². The number of hydrogen-bond donors (Lipinski definition) is 1. The van der Waals surface area contributed by atoms with Crippen molar-refractivity contribution < 1.29 is 23.8 Å². The van der Waals surface area contributed by atoms with Crippen LogP contribution in [-0.2, 0) is 4.79 Å². The number of ether oxygens (including phenoxy) is 3. The lowest BCUT2D eigenvalue weighted by Crippen LogP contribution is -2.24. The first-order chi connectivity index (χ1) is 17.9. The van der Waals surface area contributed by atoms with Gasteiger partial charge < -0.3 is 14.2 Å². The van der Waals surface area contributed by atoms with Gasteiger partial charge in [-0.15, -0.1) is 0 Å². The van der Waals surface area contributed by atoms with Crippen LogP contribution >= 0.6 is 31.9 Å². The molecule has 0 aliphatic carbocycles. The molecule has 1 amide bonds. The van der Waals surface area contributed by atoms with Crippen molar-refractivity contribution in [1.29, 1.82) is 0 Å². The van der Waals surface area contributed by atoms with Gasteiger partial charge in [0, 0.05) is 10.0 Å². The van der Waals surface area contributed by atoms with Crippen LogP contribution in [0.25, 0.3) is 10.8 Å². The number of benzene rings is 4. The average molecular weight is 626 g/mol. The predicted octanol–water partition coefficient (Wildman–Crippen LogP) is 6.51. The number of halogens is 2. The van der Waals surface area contributed by atoms with Gasteiger partial charge in [-0.3, -0.25) is 4.79 Å². The van der Waals surface area contributed by atoms with Crippen molar-refractivity contribution in [1.82, 2.24) is 5.43 Å². The third-order valence-electron chi connectivity index (χ3n) is 5.16. The summed E-state index contributed by atoms with van der Waals surface area (Å²) in [5.74, 6) is 0.533. The van der Waals surface area contributed by atoms with Crippen molar-refractivity contribution >= 4 is 60.7 Å². The fraction of sp³-hybridized carbons (Fsp3) is 0.107. The van der Waals surface area contributed by atoms with Gasteiger partial charge in [0.2, 0.25) is 0 Å². The number of rotatable bonds is 9. The molecule has 0 bridgehead atoms. The Morgan fingerprint density at radius 1 is 0.919 bits per heavy atom. The fourth-order valence-corrected chi connectivity index (χ4v) is 4.39. The summed E-state index contributed by atoms with van der Waals surface area (Å²) in [6.45, 7) is 2.19. The van der Waals surface area contributed by atoms with Crippen molar-refractivity contribution in [2.75, 3.05) is 13.2 Å². The lowest BCUT2D eigenvalue weighted by molar-refractivity contribution is -0.123. The molecule has 188 valence electrons. The minimum Gasteiger partial charge on any atom is -0.494 e. The number of carbonyl (C=O) groups is 2. The van der Waals surface area contributed by atoms with E-state index < -0.39 is 11.9 Å². The first kappa shape index (κ1) is 26.4. The second-order valence-electron chi connectivity index (χ2n) is 7.71. The fourth-order valence-electron chi connectivity index (χ4n) is 3.40. The predicted molar refractivity (Wildman–Crippen MR) is 150 cm³/mol. The molecule has 0 aliphatic rings. The summed E-state index contributed by atoms with van der Waals surface area (Å²) in [6, 6.07) is 23.4. The molecule has 4 aromatic carbocycles. The Kier molecular flexibility index (Phi) is 8.92. The van der Waals surface area contributed by atoms with E-state index in [1.807, 2.05) is 37.3 Å². The summed E-state index contributed by atoms with van der Waals surface area (Å²) in [6.07, 6.45) is 1.40. The highest BCUT2D eigenvalue weighted by Gasteiger charge is 2.13. The second kappa shape index (κ2) is 12.5. The van der Waals surface area contributed by atoms with Gasteiger partial charge in [0.25, 0.3) is 5.91 Å². The van der Waals surface area contributed by atoms with E-state index in [2.05, 4.69) is 42.4 Å². The van der Waals surface area contributed by atoms with Crippen LogP contribution in [-0.4, -0.2) is 31.3 Å². The Bertz CT molecular complexity index is 1460. The highest BCUT2D eigenvalue weighted by molar-refractivity contribution is 9.11. The number of hydrazone groups is 1. The van der Waals surface area contributed by atoms with E-state index in [9.17, 15) is 9.59 Å². The van der Waals surface area contributed by atoms with Crippen LogP contribution in [0.3, 0.4) is 0 Å². The first-order valence-electron chi connectivity index (χ1n) is 11.3. The zero-order valence-electron chi connectivity index (χ0n) is 19.7. The van der Waals surface area contributed by atoms with Crippen LogP contribution in [0.5, 0.6) is 17.2 Å². The summed E-state index contributed by atoms with van der Waals surface area (Å²) in [5.41, 5.74) is 3.30. The molecule has 0 fully saturated rings. The molecule has 0 aliphatic heterocycles. The van der Waals surface area contributed by atoms with Crippen LogP contribution in [0.2, 0.25) is 0 Å². The normalized spacial score (nSPS) is 10.9. The quantitative estimate of drug-likeness (QED) is 0.0992. The maximum Gasteiger partial charge on any atom is 0.343 e. The minimum atomic E-state index is -0.529. The Morgan fingerprint density at radius 2 is 1.68 bits per heavy atom. The molecule has 1 N–H and O–H groups in total. The molecule has 37 heavy (non-hydrogen) atoms. The lowest BCUT2D eigenvalue weighted by atomic mass is 10.1. The van der Waals surface area contributed by atoms with Crippen LogP contribution in [0.1, 0.15) is 22.8 Å². The van der Waals surface area contributed by atoms with Gasteiger partial charge in [-0.1, -0.05) is 46.3 Å². The van der Waals surface area contributed by atoms with Gasteiger partial charge in [0.15, 0.2) is 6.61 Å². The average Bonchev–Trinajstić information content (AvgIpc) is 2.90. The molecule has 0 radical (unpaired) electrons. The third kappa shape index (κ3) is 6.96. The first-order valence-corrected chi connectivity index (χ1v) is 12.9. The Hall–Kier alpha value is -3.69. The molecular formula is C28H22Br2N2O5. The summed E-state index contributed by atoms with van der Waals surface area (Å²) < 4.78 is 18.2. The number of nitrogens with zero attached hydrogens (tertiary/aromatic N) is 1. The van der Waals surface area contributed by atoms with E-state index >= 15 is 0 Å². The number of hydrogen-bond acceptors (Lipinski definition) is 6. The van der Waals surface area contributed by atoms with Crippen LogP contribution in [0.4, 0.5) is 0 Å². The Balaban J connectivity index is 1.37. The Labute approximate surface area is 230 Å². The van der Waals surface area contributed by atoms with E-state index in [0.717, 1.165) is 19.7 Å². The van der Waals surface area contributed by atoms with Crippen LogP contribution in [0, 0.1) is 0 Å². The highest BCUT2D eigenvalue weighted by atomic mass is 79.9. The van der Waals surface area contributed by atoms with Crippen LogP contribution < -0.4 is 19.6 Å². The molecule has 0 unspecified atom stereocenters. The summed E-state index contributed by atoms with van der Waals surface area (Å²) in [4.78, 5) is 24.9. The van der Waals surface area contributed by atoms with E-state index in [-0.39, 0.29) is 12.4 Å². The molecule has 0 saturated carbocycles. The summed E-state index contributed by atoms with van der Waals surface area (Å²) in [5, 5.41) is 6.04. The molecule has 9 heteroatoms. The van der Waals surface area contributed by atoms with Gasteiger partial charge in [0.1, 0.15) is 17.2 Å². The van der Waals surface area contributed by atoms with Crippen molar-refractivity contribution in [3.8, 4) is 17.2 Å². The monoisotopic (exact) mass is 624 g/mol. The number of carbonyl (C=O) groups excluding carboxylic acids is 2. The zero-order valence-corrected chi connectivity index (χ0v) is 22.9. The minimum absolute atomic E-state index is 0.230. The molecule has 7 nitrogen and oxygen atoms in total.